The normalized spacial score (nSPS) is 11.6. The Hall–Kier alpha value is -3.42. The largest absolute Gasteiger partial charge is 0.467 e. The molecule has 0 atom stereocenters. The first kappa shape index (κ1) is 18.9. The summed E-state index contributed by atoms with van der Waals surface area (Å²) in [5, 5.41) is 5.27. The number of hydrogen-bond acceptors (Lipinski definition) is 5. The highest BCUT2D eigenvalue weighted by Gasteiger charge is 2.21. The third-order valence-corrected chi connectivity index (χ3v) is 4.91. The predicted molar refractivity (Wildman–Crippen MR) is 109 cm³/mol. The average molecular weight is 393 g/mol. The number of furan rings is 1. The number of amides is 1. The van der Waals surface area contributed by atoms with Crippen LogP contribution < -0.4 is 5.69 Å². The molecule has 0 unspecified atom stereocenters. The molecule has 1 amide bonds. The second-order valence-corrected chi connectivity index (χ2v) is 7.23. The van der Waals surface area contributed by atoms with Gasteiger partial charge in [0.05, 0.1) is 18.3 Å². The summed E-state index contributed by atoms with van der Waals surface area (Å²) in [5.74, 6) is 1.15. The van der Waals surface area contributed by atoms with E-state index in [1.54, 1.807) is 17.2 Å². The van der Waals surface area contributed by atoms with E-state index in [0.717, 1.165) is 10.9 Å². The molecular formula is C21H23N5O3. The summed E-state index contributed by atoms with van der Waals surface area (Å²) < 4.78 is 8.08. The molecule has 8 nitrogen and oxygen atoms in total. The first-order valence-corrected chi connectivity index (χ1v) is 9.68. The van der Waals surface area contributed by atoms with Crippen LogP contribution >= 0.6 is 0 Å². The van der Waals surface area contributed by atoms with Crippen molar-refractivity contribution in [3.8, 4) is 0 Å². The Kier molecular flexibility index (Phi) is 4.92. The standard InChI is InChI=1S/C21H23N5O3/c1-4-24(12-15-8-7-11-29-15)18(27)13-25-21(28)26-19(14(2)3)22-17-10-6-5-9-16(17)20(26)23-25/h5-11,14H,4,12-13H2,1-3H3. The molecule has 0 spiro atoms. The summed E-state index contributed by atoms with van der Waals surface area (Å²) in [6.45, 7) is 6.57. The summed E-state index contributed by atoms with van der Waals surface area (Å²) in [6, 6.07) is 11.2. The number of hydrogen-bond donors (Lipinski definition) is 0. The van der Waals surface area contributed by atoms with Crippen LogP contribution in [0.1, 0.15) is 38.3 Å². The van der Waals surface area contributed by atoms with Crippen LogP contribution in [0.2, 0.25) is 0 Å². The van der Waals surface area contributed by atoms with Crippen LogP contribution in [0.15, 0.2) is 51.9 Å². The molecule has 0 saturated carbocycles. The molecule has 0 bridgehead atoms. The summed E-state index contributed by atoms with van der Waals surface area (Å²) in [5.41, 5.74) is 0.940. The van der Waals surface area contributed by atoms with Crippen LogP contribution in [-0.4, -0.2) is 36.5 Å². The highest BCUT2D eigenvalue weighted by atomic mass is 16.3. The van der Waals surface area contributed by atoms with Crippen molar-refractivity contribution in [2.24, 2.45) is 0 Å². The number of rotatable bonds is 6. The quantitative estimate of drug-likeness (QED) is 0.503. The van der Waals surface area contributed by atoms with E-state index in [2.05, 4.69) is 10.1 Å². The lowest BCUT2D eigenvalue weighted by Crippen LogP contribution is -2.36. The van der Waals surface area contributed by atoms with Crippen LogP contribution in [0.25, 0.3) is 16.6 Å². The third kappa shape index (κ3) is 3.41. The lowest BCUT2D eigenvalue weighted by molar-refractivity contribution is -0.132. The Morgan fingerprint density at radius 2 is 2.00 bits per heavy atom. The molecule has 0 N–H and O–H groups in total. The Morgan fingerprint density at radius 1 is 1.21 bits per heavy atom. The Bertz CT molecular complexity index is 1220. The Morgan fingerprint density at radius 3 is 2.69 bits per heavy atom. The second-order valence-electron chi connectivity index (χ2n) is 7.23. The summed E-state index contributed by atoms with van der Waals surface area (Å²) in [7, 11) is 0. The number of carbonyl (C=O) groups is 1. The van der Waals surface area contributed by atoms with E-state index in [-0.39, 0.29) is 24.1 Å². The van der Waals surface area contributed by atoms with Crippen molar-refractivity contribution >= 4 is 22.5 Å². The van der Waals surface area contributed by atoms with Gasteiger partial charge in [0, 0.05) is 17.8 Å². The molecule has 0 radical (unpaired) electrons. The maximum atomic E-state index is 13.1. The smallest absolute Gasteiger partial charge is 0.352 e. The van der Waals surface area contributed by atoms with Crippen molar-refractivity contribution in [2.45, 2.75) is 39.8 Å². The van der Waals surface area contributed by atoms with Crippen LogP contribution in [-0.2, 0) is 17.9 Å². The number of aromatic nitrogens is 4. The molecule has 4 rings (SSSR count). The molecule has 3 heterocycles. The van der Waals surface area contributed by atoms with Crippen molar-refractivity contribution < 1.29 is 9.21 Å². The van der Waals surface area contributed by atoms with Gasteiger partial charge in [-0.1, -0.05) is 26.0 Å². The first-order valence-electron chi connectivity index (χ1n) is 9.68. The zero-order chi connectivity index (χ0) is 20.5. The van der Waals surface area contributed by atoms with Gasteiger partial charge in [-0.25, -0.2) is 18.9 Å². The van der Waals surface area contributed by atoms with Gasteiger partial charge in [0.2, 0.25) is 5.91 Å². The van der Waals surface area contributed by atoms with Gasteiger partial charge in [0.25, 0.3) is 0 Å². The maximum absolute atomic E-state index is 13.1. The van der Waals surface area contributed by atoms with E-state index in [4.69, 9.17) is 4.42 Å². The highest BCUT2D eigenvalue weighted by Crippen LogP contribution is 2.20. The fourth-order valence-electron chi connectivity index (χ4n) is 3.41. The summed E-state index contributed by atoms with van der Waals surface area (Å²) in [6.07, 6.45) is 1.58. The Balaban J connectivity index is 1.75. The van der Waals surface area contributed by atoms with Crippen molar-refractivity contribution in [3.63, 3.8) is 0 Å². The van der Waals surface area contributed by atoms with E-state index in [9.17, 15) is 9.59 Å². The molecule has 0 aliphatic heterocycles. The Labute approximate surface area is 167 Å². The summed E-state index contributed by atoms with van der Waals surface area (Å²) in [4.78, 5) is 32.2. The van der Waals surface area contributed by atoms with Gasteiger partial charge in [0.15, 0.2) is 5.65 Å². The van der Waals surface area contributed by atoms with Gasteiger partial charge >= 0.3 is 5.69 Å². The molecule has 150 valence electrons. The van der Waals surface area contributed by atoms with Crippen molar-refractivity contribution in [1.29, 1.82) is 0 Å². The van der Waals surface area contributed by atoms with Gasteiger partial charge in [0.1, 0.15) is 18.1 Å². The highest BCUT2D eigenvalue weighted by molar-refractivity contribution is 5.91. The molecular weight excluding hydrogens is 370 g/mol. The number of carbonyl (C=O) groups excluding carboxylic acids is 1. The van der Waals surface area contributed by atoms with Crippen molar-refractivity contribution in [3.05, 3.63) is 64.7 Å². The average Bonchev–Trinajstić information content (AvgIpc) is 3.34. The minimum absolute atomic E-state index is 0.0271. The third-order valence-electron chi connectivity index (χ3n) is 4.91. The lowest BCUT2D eigenvalue weighted by Gasteiger charge is -2.19. The van der Waals surface area contributed by atoms with E-state index < -0.39 is 0 Å². The van der Waals surface area contributed by atoms with Crippen molar-refractivity contribution in [2.75, 3.05) is 6.54 Å². The van der Waals surface area contributed by atoms with Gasteiger partial charge in [-0.15, -0.1) is 5.10 Å². The zero-order valence-electron chi connectivity index (χ0n) is 16.7. The van der Waals surface area contributed by atoms with Crippen LogP contribution in [0.3, 0.4) is 0 Å². The van der Waals surface area contributed by atoms with E-state index in [0.29, 0.717) is 30.3 Å². The topological polar surface area (TPSA) is 85.6 Å². The molecule has 0 fully saturated rings. The van der Waals surface area contributed by atoms with Crippen LogP contribution in [0, 0.1) is 0 Å². The van der Waals surface area contributed by atoms with Crippen LogP contribution in [0.5, 0.6) is 0 Å². The molecule has 0 aliphatic rings. The van der Waals surface area contributed by atoms with Gasteiger partial charge in [-0.2, -0.15) is 0 Å². The van der Waals surface area contributed by atoms with Crippen molar-refractivity contribution in [1.82, 2.24) is 24.1 Å². The number of para-hydroxylation sites is 1. The SMILES string of the molecule is CCN(Cc1ccco1)C(=O)Cn1nc2c3ccccc3nc(C(C)C)n2c1=O. The molecule has 3 aromatic heterocycles. The molecule has 0 saturated heterocycles. The monoisotopic (exact) mass is 393 g/mol. The van der Waals surface area contributed by atoms with E-state index in [1.165, 1.54) is 9.08 Å². The number of nitrogens with zero attached hydrogens (tertiary/aromatic N) is 5. The molecule has 0 aliphatic carbocycles. The predicted octanol–water partition coefficient (Wildman–Crippen LogP) is 2.81. The van der Waals surface area contributed by atoms with Gasteiger partial charge in [-0.3, -0.25) is 4.79 Å². The zero-order valence-corrected chi connectivity index (χ0v) is 16.7. The molecule has 8 heteroatoms. The lowest BCUT2D eigenvalue weighted by atomic mass is 10.2. The maximum Gasteiger partial charge on any atom is 0.352 e. The van der Waals surface area contributed by atoms with Gasteiger partial charge in [-0.05, 0) is 31.2 Å². The van der Waals surface area contributed by atoms with Gasteiger partial charge < -0.3 is 9.32 Å². The summed E-state index contributed by atoms with van der Waals surface area (Å²) >= 11 is 0. The van der Waals surface area contributed by atoms with E-state index >= 15 is 0 Å². The number of benzene rings is 1. The minimum atomic E-state index is -0.357. The molecule has 4 aromatic rings. The molecule has 1 aromatic carbocycles. The van der Waals surface area contributed by atoms with E-state index in [1.807, 2.05) is 51.1 Å². The number of fused-ring (bicyclic) bond motifs is 3. The fraction of sp³-hybridized carbons (Fsp3) is 0.333. The first-order chi connectivity index (χ1) is 14.0. The number of likely N-dealkylation sites (N-methyl/N-ethyl adjacent to an activating group) is 1. The fourth-order valence-corrected chi connectivity index (χ4v) is 3.41. The van der Waals surface area contributed by atoms with Crippen LogP contribution in [0.4, 0.5) is 0 Å². The second kappa shape index (κ2) is 7.54. The molecule has 29 heavy (non-hydrogen) atoms. The minimum Gasteiger partial charge on any atom is -0.467 e.